The summed E-state index contributed by atoms with van der Waals surface area (Å²) < 4.78 is 39.0. The molecule has 0 aliphatic rings. The van der Waals surface area contributed by atoms with Gasteiger partial charge in [0.25, 0.3) is 0 Å². The monoisotopic (exact) mass is 254 g/mol. The summed E-state index contributed by atoms with van der Waals surface area (Å²) in [5.74, 6) is -1.65. The summed E-state index contributed by atoms with van der Waals surface area (Å²) in [5.41, 5.74) is 5.94. The van der Waals surface area contributed by atoms with E-state index in [2.05, 4.69) is 0 Å². The number of rotatable bonds is 3. The zero-order chi connectivity index (χ0) is 12.4. The Hall–Kier alpha value is -0.920. The Morgan fingerprint density at radius 1 is 1.12 bits per heavy atom. The summed E-state index contributed by atoms with van der Waals surface area (Å²) >= 11 is 0. The number of phenolic OH excluding ortho intramolecular Hbond substituents is 1. The average Bonchev–Trinajstić information content (AvgIpc) is 2.21. The van der Waals surface area contributed by atoms with E-state index in [0.29, 0.717) is 0 Å². The lowest BCUT2D eigenvalue weighted by Gasteiger charge is -2.39. The van der Waals surface area contributed by atoms with Gasteiger partial charge in [0.1, 0.15) is 5.75 Å². The molecule has 16 heavy (non-hydrogen) atoms. The van der Waals surface area contributed by atoms with E-state index in [1.165, 1.54) is 24.3 Å². The van der Waals surface area contributed by atoms with Crippen LogP contribution in [0.5, 0.6) is 5.75 Å². The van der Waals surface area contributed by atoms with Crippen LogP contribution in [0.3, 0.4) is 0 Å². The summed E-state index contributed by atoms with van der Waals surface area (Å²) in [7, 11) is -3.39. The quantitative estimate of drug-likeness (QED) is 0.771. The van der Waals surface area contributed by atoms with Crippen LogP contribution in [-0.4, -0.2) is 22.4 Å². The van der Waals surface area contributed by atoms with Gasteiger partial charge in [-0.05, 0) is 12.1 Å². The molecule has 1 aromatic rings. The van der Waals surface area contributed by atoms with Crippen LogP contribution < -0.4 is 11.5 Å². The minimum atomic E-state index is -4.52. The second-order valence-electron chi connectivity index (χ2n) is 3.13. The Kier molecular flexibility index (Phi) is 3.72. The highest BCUT2D eigenvalue weighted by Crippen LogP contribution is 2.67. The highest BCUT2D eigenvalue weighted by molar-refractivity contribution is 8.34. The minimum Gasteiger partial charge on any atom is -0.507 e. The van der Waals surface area contributed by atoms with Crippen molar-refractivity contribution in [3.63, 3.8) is 0 Å². The molecule has 7 heteroatoms. The van der Waals surface area contributed by atoms with E-state index in [1.54, 1.807) is 0 Å². The maximum atomic E-state index is 13.0. The third-order valence-electron chi connectivity index (χ3n) is 2.30. The fourth-order valence-electron chi connectivity index (χ4n) is 1.35. The van der Waals surface area contributed by atoms with E-state index in [4.69, 9.17) is 11.5 Å². The molecule has 0 saturated carbocycles. The Morgan fingerprint density at radius 2 is 1.62 bits per heavy atom. The van der Waals surface area contributed by atoms with Crippen molar-refractivity contribution >= 4 is 10.0 Å². The predicted molar refractivity (Wildman–Crippen MR) is 58.1 cm³/mol. The number of hydrogen-bond donors (Lipinski definition) is 3. The van der Waals surface area contributed by atoms with Crippen LogP contribution in [0, 0.1) is 0 Å². The van der Waals surface area contributed by atoms with Crippen molar-refractivity contribution in [3.8, 4) is 5.75 Å². The molecule has 5 N–H and O–H groups in total. The molecule has 92 valence electrons. The van der Waals surface area contributed by atoms with Gasteiger partial charge in [0, 0.05) is 16.6 Å². The highest BCUT2D eigenvalue weighted by Gasteiger charge is 2.50. The number of hydrogen-bond acceptors (Lipinski definition) is 3. The Bertz CT molecular complexity index is 366. The highest BCUT2D eigenvalue weighted by atomic mass is 32.3. The molecule has 3 nitrogen and oxygen atoms in total. The lowest BCUT2D eigenvalue weighted by atomic mass is 10.3. The molecule has 0 unspecified atom stereocenters. The van der Waals surface area contributed by atoms with Gasteiger partial charge in [-0.2, -0.15) is 13.2 Å². The largest absolute Gasteiger partial charge is 0.507 e. The predicted octanol–water partition coefficient (Wildman–Crippen LogP) is 1.91. The third kappa shape index (κ3) is 1.98. The van der Waals surface area contributed by atoms with Crippen molar-refractivity contribution < 1.29 is 18.3 Å². The molecular weight excluding hydrogens is 241 g/mol. The van der Waals surface area contributed by atoms with Crippen molar-refractivity contribution in [2.75, 3.05) is 11.8 Å². The summed E-state index contributed by atoms with van der Waals surface area (Å²) in [6.07, 6.45) is 0. The summed E-state index contributed by atoms with van der Waals surface area (Å²) in [6.45, 7) is 0. The van der Waals surface area contributed by atoms with Gasteiger partial charge in [-0.15, -0.1) is 0 Å². The van der Waals surface area contributed by atoms with Crippen molar-refractivity contribution in [2.24, 2.45) is 11.5 Å². The van der Waals surface area contributed by atoms with Gasteiger partial charge < -0.3 is 16.6 Å². The molecule has 0 aromatic heterocycles. The van der Waals surface area contributed by atoms with Gasteiger partial charge in [-0.25, -0.2) is 0 Å². The number of aromatic hydroxyl groups is 1. The lowest BCUT2D eigenvalue weighted by Crippen LogP contribution is -2.33. The molecule has 0 aliphatic carbocycles. The average molecular weight is 254 g/mol. The summed E-state index contributed by atoms with van der Waals surface area (Å²) in [5, 5.41) is 9.48. The molecule has 1 rings (SSSR count). The van der Waals surface area contributed by atoms with Gasteiger partial charge in [-0.3, -0.25) is 0 Å². The molecule has 0 amide bonds. The first-order valence-electron chi connectivity index (χ1n) is 4.42. The van der Waals surface area contributed by atoms with E-state index in [-0.39, 0.29) is 4.90 Å². The first-order valence-corrected chi connectivity index (χ1v) is 6.39. The maximum Gasteiger partial charge on any atom is 0.432 e. The molecule has 0 radical (unpaired) electrons. The molecule has 0 bridgehead atoms. The zero-order valence-corrected chi connectivity index (χ0v) is 9.18. The molecular formula is C9H13F3N2OS. The maximum absolute atomic E-state index is 13.0. The van der Waals surface area contributed by atoms with E-state index in [0.717, 1.165) is 0 Å². The van der Waals surface area contributed by atoms with Gasteiger partial charge in [0.2, 0.25) is 0 Å². The third-order valence-corrected chi connectivity index (χ3v) is 5.51. The lowest BCUT2D eigenvalue weighted by molar-refractivity contribution is -0.0385. The number of halogens is 3. The fraction of sp³-hybridized carbons (Fsp3) is 0.333. The normalized spacial score (nSPS) is 13.8. The van der Waals surface area contributed by atoms with Crippen molar-refractivity contribution in [3.05, 3.63) is 24.3 Å². The Balaban J connectivity index is 3.38. The van der Waals surface area contributed by atoms with E-state index in [1.807, 2.05) is 0 Å². The van der Waals surface area contributed by atoms with Gasteiger partial charge >= 0.3 is 5.51 Å². The first kappa shape index (κ1) is 13.1. The first-order chi connectivity index (χ1) is 7.39. The second-order valence-corrected chi connectivity index (χ2v) is 6.47. The van der Waals surface area contributed by atoms with Crippen molar-refractivity contribution in [1.29, 1.82) is 0 Å². The molecule has 1 aromatic carbocycles. The molecule has 0 fully saturated rings. The molecule has 0 spiro atoms. The molecule has 0 saturated heterocycles. The second kappa shape index (κ2) is 4.52. The molecule has 0 atom stereocenters. The number of benzene rings is 1. The number of phenols is 1. The fourth-order valence-corrected chi connectivity index (χ4v) is 3.28. The summed E-state index contributed by atoms with van der Waals surface area (Å²) in [4.78, 5) is -0.201. The van der Waals surface area contributed by atoms with Crippen LogP contribution in [0.15, 0.2) is 29.2 Å². The topological polar surface area (TPSA) is 72.3 Å². The van der Waals surface area contributed by atoms with E-state index >= 15 is 0 Å². The van der Waals surface area contributed by atoms with Gasteiger partial charge in [0.15, 0.2) is 0 Å². The summed E-state index contributed by atoms with van der Waals surface area (Å²) in [6, 6.07) is 5.30. The Labute approximate surface area is 92.6 Å². The zero-order valence-electron chi connectivity index (χ0n) is 8.37. The SMILES string of the molecule is NCS(CN)(c1ccccc1O)C(F)(F)F. The van der Waals surface area contributed by atoms with Crippen LogP contribution in [0.1, 0.15) is 0 Å². The van der Waals surface area contributed by atoms with E-state index < -0.39 is 33.0 Å². The molecule has 0 heterocycles. The van der Waals surface area contributed by atoms with Crippen molar-refractivity contribution in [2.45, 2.75) is 10.4 Å². The van der Waals surface area contributed by atoms with Gasteiger partial charge in [0.05, 0.1) is 0 Å². The van der Waals surface area contributed by atoms with Crippen LogP contribution in [0.2, 0.25) is 0 Å². The number of para-hydroxylation sites is 1. The van der Waals surface area contributed by atoms with Crippen LogP contribution >= 0.6 is 10.0 Å². The number of alkyl halides is 3. The number of nitrogens with two attached hydrogens (primary N) is 2. The van der Waals surface area contributed by atoms with Crippen LogP contribution in [0.25, 0.3) is 0 Å². The molecule has 0 aliphatic heterocycles. The van der Waals surface area contributed by atoms with Crippen LogP contribution in [-0.2, 0) is 0 Å². The standard InChI is InChI=1S/C9H13F3N2OS/c10-9(11,12)16(5-13,6-14)8-4-2-1-3-7(8)15/h1-4,15H,5-6,13-14H2. The van der Waals surface area contributed by atoms with Crippen molar-refractivity contribution in [1.82, 2.24) is 0 Å². The minimum absolute atomic E-state index is 0.201. The van der Waals surface area contributed by atoms with Crippen LogP contribution in [0.4, 0.5) is 13.2 Å². The smallest absolute Gasteiger partial charge is 0.432 e. The Morgan fingerprint density at radius 3 is 2.00 bits per heavy atom. The van der Waals surface area contributed by atoms with E-state index in [9.17, 15) is 18.3 Å². The van der Waals surface area contributed by atoms with Gasteiger partial charge in [-0.1, -0.05) is 22.2 Å².